The SMILES string of the molecule is COC(=O)c1c[nH]c(-c2cc(-c3cccs3)cc(C(C)NC(=O)c3cc(CN)ccc3C)c2)c1. The Hall–Kier alpha value is -3.68. The maximum atomic E-state index is 13.1. The quantitative estimate of drug-likeness (QED) is 0.311. The van der Waals surface area contributed by atoms with Crippen molar-refractivity contribution in [2.75, 3.05) is 7.11 Å². The molecule has 0 radical (unpaired) electrons. The van der Waals surface area contributed by atoms with Gasteiger partial charge in [0.15, 0.2) is 0 Å². The number of carbonyl (C=O) groups is 2. The first-order valence-corrected chi connectivity index (χ1v) is 11.8. The fraction of sp³-hybridized carbons (Fsp3) is 0.185. The van der Waals surface area contributed by atoms with Crippen molar-refractivity contribution >= 4 is 23.2 Å². The van der Waals surface area contributed by atoms with E-state index in [4.69, 9.17) is 10.5 Å². The van der Waals surface area contributed by atoms with E-state index in [0.29, 0.717) is 17.7 Å². The van der Waals surface area contributed by atoms with Crippen LogP contribution < -0.4 is 11.1 Å². The lowest BCUT2D eigenvalue weighted by Crippen LogP contribution is -2.27. The Bertz CT molecular complexity index is 1320. The van der Waals surface area contributed by atoms with Gasteiger partial charge in [0.1, 0.15) is 0 Å². The molecular formula is C27H27N3O3S. The van der Waals surface area contributed by atoms with Gasteiger partial charge in [-0.2, -0.15) is 0 Å². The number of aromatic amines is 1. The van der Waals surface area contributed by atoms with E-state index in [1.54, 1.807) is 23.6 Å². The monoisotopic (exact) mass is 473 g/mol. The summed E-state index contributed by atoms with van der Waals surface area (Å²) in [5, 5.41) is 5.16. The van der Waals surface area contributed by atoms with Gasteiger partial charge in [0.2, 0.25) is 0 Å². The van der Waals surface area contributed by atoms with Crippen molar-refractivity contribution in [2.24, 2.45) is 5.73 Å². The Labute approximate surface area is 202 Å². The first-order chi connectivity index (χ1) is 16.4. The number of esters is 1. The second-order valence-corrected chi connectivity index (χ2v) is 9.11. The van der Waals surface area contributed by atoms with Gasteiger partial charge in [0.05, 0.1) is 18.7 Å². The normalized spacial score (nSPS) is 11.8. The minimum Gasteiger partial charge on any atom is -0.465 e. The summed E-state index contributed by atoms with van der Waals surface area (Å²) < 4.78 is 4.83. The Morgan fingerprint density at radius 1 is 1.12 bits per heavy atom. The summed E-state index contributed by atoms with van der Waals surface area (Å²) >= 11 is 1.65. The molecule has 4 rings (SSSR count). The van der Waals surface area contributed by atoms with Crippen LogP contribution in [0.5, 0.6) is 0 Å². The van der Waals surface area contributed by atoms with Crippen molar-refractivity contribution in [3.8, 4) is 21.7 Å². The highest BCUT2D eigenvalue weighted by Gasteiger charge is 2.17. The summed E-state index contributed by atoms with van der Waals surface area (Å²) in [4.78, 5) is 29.3. The maximum absolute atomic E-state index is 13.1. The number of amides is 1. The number of hydrogen-bond donors (Lipinski definition) is 3. The predicted octanol–water partition coefficient (Wildman–Crippen LogP) is 5.45. The topological polar surface area (TPSA) is 97.2 Å². The molecule has 0 aliphatic heterocycles. The van der Waals surface area contributed by atoms with Crippen molar-refractivity contribution in [1.29, 1.82) is 0 Å². The van der Waals surface area contributed by atoms with Crippen LogP contribution in [0.1, 0.15) is 50.4 Å². The molecule has 0 bridgehead atoms. The Balaban J connectivity index is 1.68. The molecule has 2 heterocycles. The standard InChI is InChI=1S/C27H27N3O3S/c1-16-6-7-18(14-28)9-23(16)26(31)30-17(2)19-10-20(12-21(11-19)25-5-4-8-34-25)24-13-22(15-29-24)27(32)33-3/h4-13,15,17,29H,14,28H2,1-3H3,(H,30,31). The van der Waals surface area contributed by atoms with Crippen LogP contribution in [0.4, 0.5) is 0 Å². The predicted molar refractivity (Wildman–Crippen MR) is 136 cm³/mol. The number of ether oxygens (including phenoxy) is 1. The minimum absolute atomic E-state index is 0.142. The third kappa shape index (κ3) is 4.95. The van der Waals surface area contributed by atoms with E-state index in [1.807, 2.05) is 49.6 Å². The van der Waals surface area contributed by atoms with Crippen LogP contribution >= 0.6 is 11.3 Å². The zero-order chi connectivity index (χ0) is 24.2. The highest BCUT2D eigenvalue weighted by atomic mass is 32.1. The molecule has 1 unspecified atom stereocenters. The first-order valence-electron chi connectivity index (χ1n) is 11.0. The summed E-state index contributed by atoms with van der Waals surface area (Å²) in [5.41, 5.74) is 12.4. The smallest absolute Gasteiger partial charge is 0.339 e. The molecular weight excluding hydrogens is 446 g/mol. The minimum atomic E-state index is -0.396. The Kier molecular flexibility index (Phi) is 6.95. The average molecular weight is 474 g/mol. The van der Waals surface area contributed by atoms with E-state index in [9.17, 15) is 9.59 Å². The molecule has 2 aromatic carbocycles. The van der Waals surface area contributed by atoms with Crippen molar-refractivity contribution in [2.45, 2.75) is 26.4 Å². The summed E-state index contributed by atoms with van der Waals surface area (Å²) in [6.45, 7) is 4.26. The van der Waals surface area contributed by atoms with E-state index in [0.717, 1.165) is 38.4 Å². The van der Waals surface area contributed by atoms with E-state index in [1.165, 1.54) is 7.11 Å². The lowest BCUT2D eigenvalue weighted by Gasteiger charge is -2.18. The molecule has 4 aromatic rings. The van der Waals surface area contributed by atoms with Gasteiger partial charge in [-0.25, -0.2) is 4.79 Å². The van der Waals surface area contributed by atoms with Crippen molar-refractivity contribution < 1.29 is 14.3 Å². The number of hydrogen-bond acceptors (Lipinski definition) is 5. The van der Waals surface area contributed by atoms with Gasteiger partial charge in [-0.1, -0.05) is 18.2 Å². The lowest BCUT2D eigenvalue weighted by atomic mass is 9.98. The van der Waals surface area contributed by atoms with Crippen LogP contribution in [-0.4, -0.2) is 24.0 Å². The van der Waals surface area contributed by atoms with E-state index in [-0.39, 0.29) is 11.9 Å². The zero-order valence-corrected chi connectivity index (χ0v) is 20.2. The van der Waals surface area contributed by atoms with Crippen LogP contribution in [-0.2, 0) is 11.3 Å². The number of thiophene rings is 1. The highest BCUT2D eigenvalue weighted by molar-refractivity contribution is 7.13. The van der Waals surface area contributed by atoms with Crippen molar-refractivity contribution in [1.82, 2.24) is 10.3 Å². The first kappa shape index (κ1) is 23.5. The molecule has 0 saturated carbocycles. The number of aromatic nitrogens is 1. The number of benzene rings is 2. The molecule has 0 saturated heterocycles. The number of carbonyl (C=O) groups excluding carboxylic acids is 2. The van der Waals surface area contributed by atoms with E-state index in [2.05, 4.69) is 28.5 Å². The summed E-state index contributed by atoms with van der Waals surface area (Å²) in [6.07, 6.45) is 1.64. The molecule has 1 atom stereocenters. The van der Waals surface area contributed by atoms with Gasteiger partial charge >= 0.3 is 5.97 Å². The van der Waals surface area contributed by atoms with Crippen LogP contribution in [0.15, 0.2) is 66.2 Å². The summed E-state index contributed by atoms with van der Waals surface area (Å²) in [5.74, 6) is -0.538. The van der Waals surface area contributed by atoms with Gasteiger partial charge in [0.25, 0.3) is 5.91 Å². The number of H-pyrrole nitrogens is 1. The fourth-order valence-corrected chi connectivity index (χ4v) is 4.55. The van der Waals surface area contributed by atoms with Gasteiger partial charge in [-0.3, -0.25) is 4.79 Å². The average Bonchev–Trinajstić information content (AvgIpc) is 3.56. The number of aryl methyl sites for hydroxylation is 1. The Morgan fingerprint density at radius 2 is 1.91 bits per heavy atom. The molecule has 0 spiro atoms. The van der Waals surface area contributed by atoms with E-state index >= 15 is 0 Å². The fourth-order valence-electron chi connectivity index (χ4n) is 3.84. The molecule has 34 heavy (non-hydrogen) atoms. The molecule has 0 fully saturated rings. The van der Waals surface area contributed by atoms with Gasteiger partial charge < -0.3 is 20.8 Å². The van der Waals surface area contributed by atoms with Crippen LogP contribution in [0.25, 0.3) is 21.7 Å². The second kappa shape index (κ2) is 10.1. The molecule has 7 heteroatoms. The molecule has 6 nitrogen and oxygen atoms in total. The molecule has 0 aliphatic carbocycles. The largest absolute Gasteiger partial charge is 0.465 e. The molecule has 174 valence electrons. The maximum Gasteiger partial charge on any atom is 0.339 e. The van der Waals surface area contributed by atoms with Gasteiger partial charge in [-0.15, -0.1) is 11.3 Å². The van der Waals surface area contributed by atoms with Crippen molar-refractivity contribution in [3.63, 3.8) is 0 Å². The van der Waals surface area contributed by atoms with Crippen LogP contribution in [0.3, 0.4) is 0 Å². The molecule has 4 N–H and O–H groups in total. The third-order valence-electron chi connectivity index (χ3n) is 5.81. The van der Waals surface area contributed by atoms with Crippen LogP contribution in [0, 0.1) is 6.92 Å². The van der Waals surface area contributed by atoms with Crippen LogP contribution in [0.2, 0.25) is 0 Å². The molecule has 2 aromatic heterocycles. The number of nitrogens with one attached hydrogen (secondary N) is 2. The number of methoxy groups -OCH3 is 1. The number of rotatable bonds is 7. The Morgan fingerprint density at radius 3 is 2.62 bits per heavy atom. The van der Waals surface area contributed by atoms with Crippen molar-refractivity contribution in [3.05, 3.63) is 94.0 Å². The van der Waals surface area contributed by atoms with Gasteiger partial charge in [-0.05, 0) is 83.4 Å². The second-order valence-electron chi connectivity index (χ2n) is 8.16. The third-order valence-corrected chi connectivity index (χ3v) is 6.72. The summed E-state index contributed by atoms with van der Waals surface area (Å²) in [7, 11) is 1.36. The van der Waals surface area contributed by atoms with E-state index < -0.39 is 5.97 Å². The number of nitrogens with two attached hydrogens (primary N) is 1. The molecule has 0 aliphatic rings. The zero-order valence-electron chi connectivity index (χ0n) is 19.3. The highest BCUT2D eigenvalue weighted by Crippen LogP contribution is 2.33. The lowest BCUT2D eigenvalue weighted by molar-refractivity contribution is 0.0600. The molecule has 1 amide bonds. The van der Waals surface area contributed by atoms with Gasteiger partial charge in [0, 0.05) is 28.9 Å². The summed E-state index contributed by atoms with van der Waals surface area (Å²) in [6, 6.07) is 17.5.